The Morgan fingerprint density at radius 1 is 0.552 bits per heavy atom. The maximum atomic E-state index is 2.38. The monoisotopic (exact) mass is 406 g/mol. The lowest BCUT2D eigenvalue weighted by atomic mass is 9.89. The molecular formula is C27H18S2. The molecule has 1 atom stereocenters. The van der Waals surface area contributed by atoms with Crippen LogP contribution >= 0.6 is 22.7 Å². The van der Waals surface area contributed by atoms with E-state index >= 15 is 0 Å². The van der Waals surface area contributed by atoms with Gasteiger partial charge < -0.3 is 0 Å². The molecule has 0 saturated heterocycles. The molecule has 0 fully saturated rings. The number of rotatable bonds is 3. The van der Waals surface area contributed by atoms with Crippen LogP contribution in [0, 0.1) is 0 Å². The van der Waals surface area contributed by atoms with Crippen molar-refractivity contribution in [3.8, 4) is 0 Å². The zero-order valence-electron chi connectivity index (χ0n) is 15.7. The van der Waals surface area contributed by atoms with Crippen molar-refractivity contribution in [1.29, 1.82) is 0 Å². The van der Waals surface area contributed by atoms with Gasteiger partial charge in [-0.15, -0.1) is 22.7 Å². The largest absolute Gasteiger partial charge is 0.148 e. The number of fused-ring (bicyclic) bond motifs is 3. The molecule has 0 aliphatic rings. The zero-order chi connectivity index (χ0) is 19.2. The third-order valence-electron chi connectivity index (χ3n) is 5.65. The van der Waals surface area contributed by atoms with E-state index in [-0.39, 0.29) is 5.92 Å². The predicted octanol–water partition coefficient (Wildman–Crippen LogP) is 8.45. The topological polar surface area (TPSA) is 0 Å². The van der Waals surface area contributed by atoms with E-state index in [4.69, 9.17) is 0 Å². The van der Waals surface area contributed by atoms with Crippen molar-refractivity contribution in [2.75, 3.05) is 0 Å². The molecule has 0 amide bonds. The highest BCUT2D eigenvalue weighted by molar-refractivity contribution is 7.19. The van der Waals surface area contributed by atoms with E-state index in [1.165, 1.54) is 46.9 Å². The molecule has 2 heteroatoms. The SMILES string of the molecule is c1csc(C(c2cc3ccccc3s2)c2cccc3cc4ccccc4cc23)c1. The minimum absolute atomic E-state index is 0.261. The van der Waals surface area contributed by atoms with Gasteiger partial charge in [-0.3, -0.25) is 0 Å². The Balaban J connectivity index is 1.65. The van der Waals surface area contributed by atoms with Crippen LogP contribution in [0.1, 0.15) is 21.2 Å². The van der Waals surface area contributed by atoms with Crippen molar-refractivity contribution in [1.82, 2.24) is 0 Å². The highest BCUT2D eigenvalue weighted by Gasteiger charge is 2.22. The normalized spacial score (nSPS) is 12.7. The summed E-state index contributed by atoms with van der Waals surface area (Å²) in [6.07, 6.45) is 0. The van der Waals surface area contributed by atoms with Gasteiger partial charge in [0.05, 0.1) is 5.92 Å². The van der Waals surface area contributed by atoms with Gasteiger partial charge in [0.2, 0.25) is 0 Å². The summed E-state index contributed by atoms with van der Waals surface area (Å²) in [5.41, 5.74) is 1.39. The van der Waals surface area contributed by atoms with Gasteiger partial charge >= 0.3 is 0 Å². The molecule has 0 radical (unpaired) electrons. The Morgan fingerprint density at radius 3 is 2.10 bits per heavy atom. The predicted molar refractivity (Wildman–Crippen MR) is 129 cm³/mol. The highest BCUT2D eigenvalue weighted by Crippen LogP contribution is 2.43. The molecule has 0 saturated carbocycles. The van der Waals surface area contributed by atoms with E-state index in [1.807, 2.05) is 22.7 Å². The summed E-state index contributed by atoms with van der Waals surface area (Å²) in [6, 6.07) is 35.6. The third kappa shape index (κ3) is 2.88. The van der Waals surface area contributed by atoms with Gasteiger partial charge in [0.15, 0.2) is 0 Å². The van der Waals surface area contributed by atoms with Gasteiger partial charge in [-0.25, -0.2) is 0 Å². The van der Waals surface area contributed by atoms with Crippen LogP contribution in [0.15, 0.2) is 102 Å². The molecule has 0 spiro atoms. The average Bonchev–Trinajstić information content (AvgIpc) is 3.43. The van der Waals surface area contributed by atoms with E-state index in [2.05, 4.69) is 102 Å². The van der Waals surface area contributed by atoms with Crippen LogP contribution in [0.4, 0.5) is 0 Å². The molecule has 138 valence electrons. The van der Waals surface area contributed by atoms with Crippen LogP contribution in [0.3, 0.4) is 0 Å². The fourth-order valence-electron chi connectivity index (χ4n) is 4.29. The molecule has 2 aromatic heterocycles. The van der Waals surface area contributed by atoms with Gasteiger partial charge in [-0.1, -0.05) is 66.7 Å². The quantitative estimate of drug-likeness (QED) is 0.259. The minimum atomic E-state index is 0.261. The van der Waals surface area contributed by atoms with E-state index in [0.29, 0.717) is 0 Å². The second kappa shape index (κ2) is 6.84. The first-order chi connectivity index (χ1) is 14.4. The zero-order valence-corrected chi connectivity index (χ0v) is 17.3. The number of benzene rings is 4. The fourth-order valence-corrected chi connectivity index (χ4v) is 6.43. The maximum Gasteiger partial charge on any atom is 0.0534 e. The smallest absolute Gasteiger partial charge is 0.0534 e. The Hall–Kier alpha value is -2.94. The molecule has 29 heavy (non-hydrogen) atoms. The molecule has 0 N–H and O–H groups in total. The lowest BCUT2D eigenvalue weighted by molar-refractivity contribution is 1.05. The summed E-state index contributed by atoms with van der Waals surface area (Å²) in [5, 5.41) is 8.78. The first-order valence-corrected chi connectivity index (χ1v) is 11.5. The number of hydrogen-bond donors (Lipinski definition) is 0. The Kier molecular flexibility index (Phi) is 4.00. The molecule has 4 aromatic carbocycles. The van der Waals surface area contributed by atoms with Crippen molar-refractivity contribution < 1.29 is 0 Å². The lowest BCUT2D eigenvalue weighted by Crippen LogP contribution is -2.00. The van der Waals surface area contributed by atoms with Crippen LogP contribution in [-0.2, 0) is 0 Å². The third-order valence-corrected chi connectivity index (χ3v) is 7.77. The van der Waals surface area contributed by atoms with E-state index in [0.717, 1.165) is 0 Å². The minimum Gasteiger partial charge on any atom is -0.148 e. The standard InChI is InChI=1S/C27H18S2/c1-2-8-19-16-23-20(15-18(19)7-1)10-5-11-22(23)27(25-13-6-14-28-25)26-17-21-9-3-4-12-24(21)29-26/h1-17,27H. The van der Waals surface area contributed by atoms with Crippen LogP contribution in [0.5, 0.6) is 0 Å². The average molecular weight is 407 g/mol. The molecule has 0 aliphatic heterocycles. The van der Waals surface area contributed by atoms with Crippen LogP contribution in [-0.4, -0.2) is 0 Å². The Bertz CT molecular complexity index is 1420. The molecule has 6 aromatic rings. The van der Waals surface area contributed by atoms with Crippen molar-refractivity contribution in [2.45, 2.75) is 5.92 Å². The first-order valence-electron chi connectivity index (χ1n) is 9.80. The van der Waals surface area contributed by atoms with Crippen molar-refractivity contribution in [2.24, 2.45) is 0 Å². The number of hydrogen-bond acceptors (Lipinski definition) is 2. The molecule has 1 unspecified atom stereocenters. The number of thiophene rings is 2. The Morgan fingerprint density at radius 2 is 1.31 bits per heavy atom. The van der Waals surface area contributed by atoms with Crippen molar-refractivity contribution in [3.05, 3.63) is 118 Å². The molecular weight excluding hydrogens is 388 g/mol. The second-order valence-electron chi connectivity index (χ2n) is 7.40. The van der Waals surface area contributed by atoms with Crippen LogP contribution < -0.4 is 0 Å². The van der Waals surface area contributed by atoms with Crippen molar-refractivity contribution in [3.63, 3.8) is 0 Å². The fraction of sp³-hybridized carbons (Fsp3) is 0.0370. The molecule has 0 nitrogen and oxygen atoms in total. The van der Waals surface area contributed by atoms with Gasteiger partial charge in [0.1, 0.15) is 0 Å². The van der Waals surface area contributed by atoms with Gasteiger partial charge in [0, 0.05) is 14.5 Å². The second-order valence-corrected chi connectivity index (χ2v) is 9.50. The molecule has 6 rings (SSSR count). The summed E-state index contributed by atoms with van der Waals surface area (Å²) in [5.74, 6) is 0.261. The van der Waals surface area contributed by atoms with Gasteiger partial charge in [0.25, 0.3) is 0 Å². The van der Waals surface area contributed by atoms with E-state index in [1.54, 1.807) is 0 Å². The van der Waals surface area contributed by atoms with Gasteiger partial charge in [-0.2, -0.15) is 0 Å². The summed E-state index contributed by atoms with van der Waals surface area (Å²) in [6.45, 7) is 0. The first kappa shape index (κ1) is 17.0. The molecule has 0 bridgehead atoms. The summed E-state index contributed by atoms with van der Waals surface area (Å²) < 4.78 is 1.36. The maximum absolute atomic E-state index is 2.38. The summed E-state index contributed by atoms with van der Waals surface area (Å²) >= 11 is 3.77. The van der Waals surface area contributed by atoms with E-state index in [9.17, 15) is 0 Å². The lowest BCUT2D eigenvalue weighted by Gasteiger charge is -2.18. The molecule has 2 heterocycles. The Labute approximate surface area is 177 Å². The van der Waals surface area contributed by atoms with E-state index < -0.39 is 0 Å². The van der Waals surface area contributed by atoms with Gasteiger partial charge in [-0.05, 0) is 68.2 Å². The summed E-state index contributed by atoms with van der Waals surface area (Å²) in [7, 11) is 0. The summed E-state index contributed by atoms with van der Waals surface area (Å²) in [4.78, 5) is 2.81. The van der Waals surface area contributed by atoms with Crippen LogP contribution in [0.2, 0.25) is 0 Å². The highest BCUT2D eigenvalue weighted by atomic mass is 32.1. The van der Waals surface area contributed by atoms with Crippen LogP contribution in [0.25, 0.3) is 31.6 Å². The van der Waals surface area contributed by atoms with Crippen molar-refractivity contribution >= 4 is 54.3 Å². The molecule has 0 aliphatic carbocycles.